The Morgan fingerprint density at radius 2 is 2.47 bits per heavy atom. The van der Waals surface area contributed by atoms with Gasteiger partial charge in [0.2, 0.25) is 0 Å². The quantitative estimate of drug-likeness (QED) is 0.847. The zero-order valence-electron chi connectivity index (χ0n) is 10.6. The van der Waals surface area contributed by atoms with E-state index in [2.05, 4.69) is 22.5 Å². The summed E-state index contributed by atoms with van der Waals surface area (Å²) in [6, 6.07) is 1.29. The molecule has 17 heavy (non-hydrogen) atoms. The van der Waals surface area contributed by atoms with Crippen LogP contribution in [0.15, 0.2) is 11.7 Å². The molecule has 1 fully saturated rings. The highest BCUT2D eigenvalue weighted by Crippen LogP contribution is 2.13. The molecule has 0 radical (unpaired) electrons. The summed E-state index contributed by atoms with van der Waals surface area (Å²) in [5.41, 5.74) is 1.90. The van der Waals surface area contributed by atoms with Crippen LogP contribution < -0.4 is 10.6 Å². The standard InChI is InChI=1S/C13H23N3S/c1-11(16-9-13-8-14-10-17-13)7-12-5-3-2-4-6-15-12/h8,10-12,15-16H,2-7,9H2,1H3. The van der Waals surface area contributed by atoms with Crippen LogP contribution in [-0.4, -0.2) is 23.6 Å². The van der Waals surface area contributed by atoms with Gasteiger partial charge in [0.05, 0.1) is 5.51 Å². The first-order chi connectivity index (χ1) is 8.34. The summed E-state index contributed by atoms with van der Waals surface area (Å²) in [6.07, 6.45) is 8.66. The Morgan fingerprint density at radius 1 is 1.53 bits per heavy atom. The minimum atomic E-state index is 0.577. The molecule has 1 saturated heterocycles. The first kappa shape index (κ1) is 13.0. The van der Waals surface area contributed by atoms with Gasteiger partial charge in [-0.2, -0.15) is 0 Å². The second-order valence-electron chi connectivity index (χ2n) is 4.99. The van der Waals surface area contributed by atoms with Gasteiger partial charge in [-0.15, -0.1) is 11.3 Å². The predicted octanol–water partition coefficient (Wildman–Crippen LogP) is 2.54. The molecule has 2 N–H and O–H groups in total. The van der Waals surface area contributed by atoms with Gasteiger partial charge in [0.25, 0.3) is 0 Å². The van der Waals surface area contributed by atoms with E-state index in [0.29, 0.717) is 12.1 Å². The highest BCUT2D eigenvalue weighted by atomic mass is 32.1. The summed E-state index contributed by atoms with van der Waals surface area (Å²) >= 11 is 1.73. The maximum absolute atomic E-state index is 4.09. The van der Waals surface area contributed by atoms with E-state index >= 15 is 0 Å². The Morgan fingerprint density at radius 3 is 3.29 bits per heavy atom. The third-order valence-electron chi connectivity index (χ3n) is 3.41. The van der Waals surface area contributed by atoms with Crippen molar-refractivity contribution < 1.29 is 0 Å². The summed E-state index contributed by atoms with van der Waals surface area (Å²) in [4.78, 5) is 5.42. The van der Waals surface area contributed by atoms with Crippen LogP contribution in [0.1, 0.15) is 43.9 Å². The van der Waals surface area contributed by atoms with Crippen molar-refractivity contribution in [2.45, 2.75) is 57.7 Å². The molecule has 1 aromatic rings. The Labute approximate surface area is 108 Å². The molecule has 0 aliphatic carbocycles. The molecule has 1 aliphatic heterocycles. The Hall–Kier alpha value is -0.450. The van der Waals surface area contributed by atoms with Gasteiger partial charge in [-0.25, -0.2) is 0 Å². The largest absolute Gasteiger partial charge is 0.314 e. The number of hydrogen-bond acceptors (Lipinski definition) is 4. The fourth-order valence-corrected chi connectivity index (χ4v) is 2.96. The van der Waals surface area contributed by atoms with Crippen LogP contribution in [-0.2, 0) is 6.54 Å². The highest BCUT2D eigenvalue weighted by molar-refractivity contribution is 7.09. The lowest BCUT2D eigenvalue weighted by Crippen LogP contribution is -2.36. The van der Waals surface area contributed by atoms with Crippen LogP contribution in [0.3, 0.4) is 0 Å². The lowest BCUT2D eigenvalue weighted by Gasteiger charge is -2.21. The monoisotopic (exact) mass is 253 g/mol. The first-order valence-corrected chi connectivity index (χ1v) is 7.56. The number of thiazole rings is 1. The molecule has 2 rings (SSSR count). The summed E-state index contributed by atoms with van der Waals surface area (Å²) in [7, 11) is 0. The van der Waals surface area contributed by atoms with Crippen LogP contribution in [0.5, 0.6) is 0 Å². The topological polar surface area (TPSA) is 37.0 Å². The van der Waals surface area contributed by atoms with Crippen molar-refractivity contribution in [3.63, 3.8) is 0 Å². The van der Waals surface area contributed by atoms with E-state index in [4.69, 9.17) is 0 Å². The minimum absolute atomic E-state index is 0.577. The Balaban J connectivity index is 1.67. The van der Waals surface area contributed by atoms with E-state index < -0.39 is 0 Å². The van der Waals surface area contributed by atoms with Gasteiger partial charge in [0, 0.05) is 29.7 Å². The van der Waals surface area contributed by atoms with Gasteiger partial charge in [-0.05, 0) is 32.7 Å². The van der Waals surface area contributed by atoms with Gasteiger partial charge in [-0.3, -0.25) is 4.98 Å². The van der Waals surface area contributed by atoms with Gasteiger partial charge in [0.1, 0.15) is 0 Å². The van der Waals surface area contributed by atoms with Gasteiger partial charge >= 0.3 is 0 Å². The van der Waals surface area contributed by atoms with Crippen molar-refractivity contribution in [1.29, 1.82) is 0 Å². The normalized spacial score (nSPS) is 23.2. The molecule has 4 heteroatoms. The molecule has 2 heterocycles. The minimum Gasteiger partial charge on any atom is -0.314 e. The second-order valence-corrected chi connectivity index (χ2v) is 5.96. The van der Waals surface area contributed by atoms with E-state index in [1.807, 2.05) is 11.7 Å². The molecule has 0 aromatic carbocycles. The average Bonchev–Trinajstić information content (AvgIpc) is 2.72. The highest BCUT2D eigenvalue weighted by Gasteiger charge is 2.14. The predicted molar refractivity (Wildman–Crippen MR) is 73.3 cm³/mol. The summed E-state index contributed by atoms with van der Waals surface area (Å²) < 4.78 is 0. The second kappa shape index (κ2) is 7.09. The molecule has 0 saturated carbocycles. The fraction of sp³-hybridized carbons (Fsp3) is 0.769. The molecule has 1 aliphatic rings. The number of hydrogen-bond donors (Lipinski definition) is 2. The van der Waals surface area contributed by atoms with Crippen LogP contribution in [0.25, 0.3) is 0 Å². The van der Waals surface area contributed by atoms with Gasteiger partial charge in [-0.1, -0.05) is 12.8 Å². The van der Waals surface area contributed by atoms with E-state index in [0.717, 1.165) is 6.54 Å². The number of aromatic nitrogens is 1. The van der Waals surface area contributed by atoms with Crippen molar-refractivity contribution in [3.05, 3.63) is 16.6 Å². The molecular weight excluding hydrogens is 230 g/mol. The van der Waals surface area contributed by atoms with E-state index in [-0.39, 0.29) is 0 Å². The fourth-order valence-electron chi connectivity index (χ4n) is 2.42. The maximum atomic E-state index is 4.09. The van der Waals surface area contributed by atoms with Crippen LogP contribution in [0, 0.1) is 0 Å². The van der Waals surface area contributed by atoms with Crippen LogP contribution in [0.4, 0.5) is 0 Å². The molecule has 96 valence electrons. The van der Waals surface area contributed by atoms with E-state index in [1.54, 1.807) is 11.3 Å². The molecule has 2 atom stereocenters. The summed E-state index contributed by atoms with van der Waals surface area (Å²) in [6.45, 7) is 4.44. The molecule has 0 amide bonds. The Kier molecular flexibility index (Phi) is 5.42. The summed E-state index contributed by atoms with van der Waals surface area (Å²) in [5.74, 6) is 0. The number of rotatable bonds is 5. The number of nitrogens with one attached hydrogen (secondary N) is 2. The van der Waals surface area contributed by atoms with Crippen LogP contribution in [0.2, 0.25) is 0 Å². The average molecular weight is 253 g/mol. The molecule has 3 nitrogen and oxygen atoms in total. The van der Waals surface area contributed by atoms with Gasteiger partial charge in [0.15, 0.2) is 0 Å². The van der Waals surface area contributed by atoms with Crippen molar-refractivity contribution in [3.8, 4) is 0 Å². The molecule has 0 spiro atoms. The molecular formula is C13H23N3S. The van der Waals surface area contributed by atoms with E-state index in [1.165, 1.54) is 43.5 Å². The first-order valence-electron chi connectivity index (χ1n) is 6.69. The van der Waals surface area contributed by atoms with Crippen molar-refractivity contribution in [2.24, 2.45) is 0 Å². The molecule has 1 aromatic heterocycles. The Bertz CT molecular complexity index is 292. The van der Waals surface area contributed by atoms with Crippen molar-refractivity contribution in [1.82, 2.24) is 15.6 Å². The zero-order chi connectivity index (χ0) is 11.9. The lowest BCUT2D eigenvalue weighted by atomic mass is 10.0. The smallest absolute Gasteiger partial charge is 0.0794 e. The van der Waals surface area contributed by atoms with Crippen LogP contribution >= 0.6 is 11.3 Å². The molecule has 0 bridgehead atoms. The van der Waals surface area contributed by atoms with Crippen molar-refractivity contribution in [2.75, 3.05) is 6.54 Å². The zero-order valence-corrected chi connectivity index (χ0v) is 11.4. The number of nitrogens with zero attached hydrogens (tertiary/aromatic N) is 1. The maximum Gasteiger partial charge on any atom is 0.0794 e. The summed E-state index contributed by atoms with van der Waals surface area (Å²) in [5, 5.41) is 7.24. The molecule has 2 unspecified atom stereocenters. The van der Waals surface area contributed by atoms with E-state index in [9.17, 15) is 0 Å². The SMILES string of the molecule is CC(CC1CCCCCN1)NCc1cncs1. The van der Waals surface area contributed by atoms with Crippen molar-refractivity contribution >= 4 is 11.3 Å². The van der Waals surface area contributed by atoms with Gasteiger partial charge < -0.3 is 10.6 Å². The lowest BCUT2D eigenvalue weighted by molar-refractivity contribution is 0.403. The third-order valence-corrected chi connectivity index (χ3v) is 4.19. The third kappa shape index (κ3) is 4.74.